The van der Waals surface area contributed by atoms with Crippen molar-refractivity contribution in [2.45, 2.75) is 70.9 Å². The fraction of sp³-hybridized carbons (Fsp3) is 0.933. The molecule has 2 unspecified atom stereocenters. The summed E-state index contributed by atoms with van der Waals surface area (Å²) in [5.41, 5.74) is 0. The molecule has 4 nitrogen and oxygen atoms in total. The van der Waals surface area contributed by atoms with Gasteiger partial charge in [0.1, 0.15) is 0 Å². The molecule has 1 rings (SSSR count). The zero-order chi connectivity index (χ0) is 14.3. The van der Waals surface area contributed by atoms with Crippen LogP contribution in [0.5, 0.6) is 0 Å². The van der Waals surface area contributed by atoms with Crippen molar-refractivity contribution in [3.05, 3.63) is 0 Å². The Bertz CT molecular complexity index is 263. The van der Waals surface area contributed by atoms with Crippen molar-refractivity contribution < 1.29 is 9.90 Å². The summed E-state index contributed by atoms with van der Waals surface area (Å²) in [6.07, 6.45) is 8.68. The lowest BCUT2D eigenvalue weighted by atomic mass is 9.85. The minimum absolute atomic E-state index is 0.0861. The molecule has 0 heterocycles. The van der Waals surface area contributed by atoms with Crippen LogP contribution in [0.25, 0.3) is 0 Å². The maximum atomic E-state index is 11.8. The summed E-state index contributed by atoms with van der Waals surface area (Å²) < 4.78 is 0. The van der Waals surface area contributed by atoms with Crippen LogP contribution in [0.2, 0.25) is 0 Å². The molecule has 1 aliphatic carbocycles. The third-order valence-electron chi connectivity index (χ3n) is 3.99. The number of amides is 2. The highest BCUT2D eigenvalue weighted by atomic mass is 16.3. The molecule has 4 heteroatoms. The molecule has 0 saturated heterocycles. The number of nitrogens with zero attached hydrogens (tertiary/aromatic N) is 1. The lowest BCUT2D eigenvalue weighted by Crippen LogP contribution is -2.44. The monoisotopic (exact) mass is 270 g/mol. The first kappa shape index (κ1) is 16.3. The zero-order valence-corrected chi connectivity index (χ0v) is 12.7. The van der Waals surface area contributed by atoms with Crippen LogP contribution in [0.4, 0.5) is 4.79 Å². The standard InChI is InChI=1S/C15H30N2O2/c1-12(9-10-14-7-5-4-6-8-14)16-15(19)17(3)11-13(2)18/h12-14,18H,4-11H2,1-3H3,(H,16,19). The largest absolute Gasteiger partial charge is 0.392 e. The summed E-state index contributed by atoms with van der Waals surface area (Å²) in [7, 11) is 1.72. The average Bonchev–Trinajstić information content (AvgIpc) is 2.36. The van der Waals surface area contributed by atoms with E-state index in [1.165, 1.54) is 38.5 Å². The summed E-state index contributed by atoms with van der Waals surface area (Å²) in [5, 5.41) is 12.3. The van der Waals surface area contributed by atoms with Gasteiger partial charge in [0.15, 0.2) is 0 Å². The van der Waals surface area contributed by atoms with E-state index in [0.717, 1.165) is 12.3 Å². The van der Waals surface area contributed by atoms with Gasteiger partial charge in [-0.05, 0) is 32.6 Å². The number of likely N-dealkylation sites (N-methyl/N-ethyl adjacent to an activating group) is 1. The van der Waals surface area contributed by atoms with Crippen LogP contribution < -0.4 is 5.32 Å². The molecule has 1 fully saturated rings. The number of carbonyl (C=O) groups excluding carboxylic acids is 1. The Morgan fingerprint density at radius 3 is 2.53 bits per heavy atom. The van der Waals surface area contributed by atoms with E-state index in [1.54, 1.807) is 18.9 Å². The second-order valence-electron chi connectivity index (χ2n) is 6.16. The van der Waals surface area contributed by atoms with Crippen LogP contribution in [-0.2, 0) is 0 Å². The second kappa shape index (κ2) is 8.41. The van der Waals surface area contributed by atoms with E-state index >= 15 is 0 Å². The molecule has 2 amide bonds. The summed E-state index contributed by atoms with van der Waals surface area (Å²) in [6, 6.07) is 0.128. The number of hydrogen-bond donors (Lipinski definition) is 2. The number of aliphatic hydroxyl groups excluding tert-OH is 1. The zero-order valence-electron chi connectivity index (χ0n) is 12.7. The smallest absolute Gasteiger partial charge is 0.317 e. The van der Waals surface area contributed by atoms with Gasteiger partial charge in [-0.2, -0.15) is 0 Å². The molecule has 0 bridgehead atoms. The van der Waals surface area contributed by atoms with Crippen molar-refractivity contribution in [1.82, 2.24) is 10.2 Å². The molecule has 0 aliphatic heterocycles. The van der Waals surface area contributed by atoms with Gasteiger partial charge in [-0.25, -0.2) is 4.79 Å². The molecule has 1 aliphatic rings. The van der Waals surface area contributed by atoms with E-state index in [-0.39, 0.29) is 12.1 Å². The molecule has 0 spiro atoms. The topological polar surface area (TPSA) is 52.6 Å². The summed E-state index contributed by atoms with van der Waals surface area (Å²) in [4.78, 5) is 13.4. The second-order valence-corrected chi connectivity index (χ2v) is 6.16. The Morgan fingerprint density at radius 2 is 1.95 bits per heavy atom. The summed E-state index contributed by atoms with van der Waals surface area (Å²) in [5.74, 6) is 0.864. The number of carbonyl (C=O) groups is 1. The lowest BCUT2D eigenvalue weighted by molar-refractivity contribution is 0.142. The van der Waals surface area contributed by atoms with E-state index in [2.05, 4.69) is 12.2 Å². The highest BCUT2D eigenvalue weighted by Gasteiger charge is 2.17. The Balaban J connectivity index is 2.18. The highest BCUT2D eigenvalue weighted by molar-refractivity contribution is 5.74. The Labute approximate surface area is 117 Å². The van der Waals surface area contributed by atoms with Crippen molar-refractivity contribution in [3.8, 4) is 0 Å². The van der Waals surface area contributed by atoms with Gasteiger partial charge in [0, 0.05) is 19.6 Å². The van der Waals surface area contributed by atoms with E-state index in [9.17, 15) is 9.90 Å². The summed E-state index contributed by atoms with van der Waals surface area (Å²) in [6.45, 7) is 4.13. The van der Waals surface area contributed by atoms with Crippen LogP contribution in [0.15, 0.2) is 0 Å². The van der Waals surface area contributed by atoms with E-state index in [4.69, 9.17) is 0 Å². The van der Waals surface area contributed by atoms with Crippen LogP contribution >= 0.6 is 0 Å². The van der Waals surface area contributed by atoms with E-state index in [0.29, 0.717) is 6.54 Å². The first-order valence-corrected chi connectivity index (χ1v) is 7.68. The van der Waals surface area contributed by atoms with Crippen LogP contribution in [0.1, 0.15) is 58.8 Å². The molecule has 0 radical (unpaired) electrons. The van der Waals surface area contributed by atoms with Gasteiger partial charge < -0.3 is 15.3 Å². The molecule has 0 aromatic rings. The van der Waals surface area contributed by atoms with Crippen molar-refractivity contribution in [2.24, 2.45) is 5.92 Å². The Morgan fingerprint density at radius 1 is 1.32 bits per heavy atom. The average molecular weight is 270 g/mol. The van der Waals surface area contributed by atoms with Crippen LogP contribution in [0.3, 0.4) is 0 Å². The van der Waals surface area contributed by atoms with Crippen molar-refractivity contribution >= 4 is 6.03 Å². The van der Waals surface area contributed by atoms with E-state index in [1.807, 2.05) is 0 Å². The molecular weight excluding hydrogens is 240 g/mol. The van der Waals surface area contributed by atoms with Crippen molar-refractivity contribution in [3.63, 3.8) is 0 Å². The maximum Gasteiger partial charge on any atom is 0.317 e. The summed E-state index contributed by atoms with van der Waals surface area (Å²) >= 11 is 0. The number of nitrogens with one attached hydrogen (secondary N) is 1. The number of aliphatic hydroxyl groups is 1. The number of hydrogen-bond acceptors (Lipinski definition) is 2. The molecule has 0 aromatic carbocycles. The normalized spacial score (nSPS) is 19.8. The van der Waals surface area contributed by atoms with Gasteiger partial charge in [0.25, 0.3) is 0 Å². The molecule has 112 valence electrons. The Kier molecular flexibility index (Phi) is 7.21. The molecular formula is C15H30N2O2. The molecule has 1 saturated carbocycles. The third kappa shape index (κ3) is 6.81. The van der Waals surface area contributed by atoms with Crippen molar-refractivity contribution in [1.29, 1.82) is 0 Å². The fourth-order valence-corrected chi connectivity index (χ4v) is 2.83. The predicted molar refractivity (Wildman–Crippen MR) is 78.1 cm³/mol. The highest BCUT2D eigenvalue weighted by Crippen LogP contribution is 2.27. The van der Waals surface area contributed by atoms with Crippen molar-refractivity contribution in [2.75, 3.05) is 13.6 Å². The lowest BCUT2D eigenvalue weighted by Gasteiger charge is -2.25. The third-order valence-corrected chi connectivity index (χ3v) is 3.99. The molecule has 2 N–H and O–H groups in total. The van der Waals surface area contributed by atoms with E-state index < -0.39 is 6.10 Å². The van der Waals surface area contributed by atoms with Crippen LogP contribution in [-0.4, -0.2) is 41.8 Å². The minimum atomic E-state index is -0.478. The SMILES string of the molecule is CC(O)CN(C)C(=O)NC(C)CCC1CCCCC1. The quantitative estimate of drug-likeness (QED) is 0.779. The molecule has 19 heavy (non-hydrogen) atoms. The number of urea groups is 1. The first-order chi connectivity index (χ1) is 8.99. The first-order valence-electron chi connectivity index (χ1n) is 7.68. The van der Waals surface area contributed by atoms with Gasteiger partial charge >= 0.3 is 6.03 Å². The minimum Gasteiger partial charge on any atom is -0.392 e. The fourth-order valence-electron chi connectivity index (χ4n) is 2.83. The molecule has 2 atom stereocenters. The predicted octanol–water partition coefficient (Wildman–Crippen LogP) is 2.76. The van der Waals surface area contributed by atoms with Gasteiger partial charge in [-0.1, -0.05) is 32.1 Å². The van der Waals surface area contributed by atoms with Gasteiger partial charge in [0.2, 0.25) is 0 Å². The van der Waals surface area contributed by atoms with Gasteiger partial charge in [-0.15, -0.1) is 0 Å². The Hall–Kier alpha value is -0.770. The number of rotatable bonds is 6. The molecule has 0 aromatic heterocycles. The van der Waals surface area contributed by atoms with Gasteiger partial charge in [0.05, 0.1) is 6.10 Å². The van der Waals surface area contributed by atoms with Gasteiger partial charge in [-0.3, -0.25) is 0 Å². The maximum absolute atomic E-state index is 11.8. The van der Waals surface area contributed by atoms with Crippen LogP contribution in [0, 0.1) is 5.92 Å².